The highest BCUT2D eigenvalue weighted by Gasteiger charge is 2.13. The minimum Gasteiger partial charge on any atom is -0.481 e. The number of carboxylic acid groups (broad SMARTS) is 1. The van der Waals surface area contributed by atoms with Gasteiger partial charge in [-0.25, -0.2) is 0 Å². The molecule has 6 heteroatoms. The summed E-state index contributed by atoms with van der Waals surface area (Å²) in [7, 11) is 0. The number of aliphatic hydroxyl groups excluding tert-OH is 1. The molecule has 0 rings (SSSR count). The van der Waals surface area contributed by atoms with Crippen LogP contribution < -0.4 is 0 Å². The second-order valence-corrected chi connectivity index (χ2v) is 6.80. The summed E-state index contributed by atoms with van der Waals surface area (Å²) in [6.07, 6.45) is 4.11. The van der Waals surface area contributed by atoms with Crippen molar-refractivity contribution in [3.8, 4) is 0 Å². The molecule has 0 aliphatic carbocycles. The van der Waals surface area contributed by atoms with Gasteiger partial charge in [-0.15, -0.1) is 0 Å². The van der Waals surface area contributed by atoms with Crippen LogP contribution in [0.2, 0.25) is 0 Å². The lowest BCUT2D eigenvalue weighted by atomic mass is 9.99. The maximum atomic E-state index is 11.2. The number of aliphatic carboxylic acids is 1. The first-order valence-electron chi connectivity index (χ1n) is 8.32. The third-order valence-corrected chi connectivity index (χ3v) is 2.75. The minimum atomic E-state index is -1.10. The fourth-order valence-corrected chi connectivity index (χ4v) is 1.49. The van der Waals surface area contributed by atoms with Gasteiger partial charge in [0.05, 0.1) is 6.61 Å². The number of unbranched alkanes of at least 4 members (excludes halogenated alkanes) is 3. The zero-order valence-corrected chi connectivity index (χ0v) is 15.0. The van der Waals surface area contributed by atoms with E-state index in [0.717, 1.165) is 19.3 Å². The van der Waals surface area contributed by atoms with Crippen molar-refractivity contribution >= 4 is 11.9 Å². The standard InChI is InChI=1S/C11H20O4.C6H14O2/c1-11(2,3)8-15-10(14)7-5-4-6-9(12)13;1-2-3-4-5-6(7)8/h4-8H2,1-3H3,(H,12,13);6-8H,2-5H2,1H3. The molecule has 0 atom stereocenters. The number of carboxylic acids is 1. The molecule has 0 radical (unpaired) electrons. The molecule has 0 aromatic carbocycles. The van der Waals surface area contributed by atoms with E-state index in [2.05, 4.69) is 6.92 Å². The first-order chi connectivity index (χ1) is 10.6. The predicted octanol–water partition coefficient (Wildman–Crippen LogP) is 3.10. The van der Waals surface area contributed by atoms with Crippen molar-refractivity contribution in [2.24, 2.45) is 5.41 Å². The summed E-state index contributed by atoms with van der Waals surface area (Å²) < 4.78 is 5.03. The number of aliphatic hydroxyl groups is 2. The van der Waals surface area contributed by atoms with Crippen LogP contribution in [0.25, 0.3) is 0 Å². The Hall–Kier alpha value is -1.14. The number of carbonyl (C=O) groups is 2. The van der Waals surface area contributed by atoms with E-state index < -0.39 is 12.3 Å². The molecule has 6 nitrogen and oxygen atoms in total. The summed E-state index contributed by atoms with van der Waals surface area (Å²) in [6.45, 7) is 8.47. The van der Waals surface area contributed by atoms with Crippen LogP contribution in [0.3, 0.4) is 0 Å². The molecule has 0 aliphatic rings. The van der Waals surface area contributed by atoms with Crippen LogP contribution in [-0.4, -0.2) is 40.2 Å². The molecule has 23 heavy (non-hydrogen) atoms. The number of hydrogen-bond donors (Lipinski definition) is 3. The molecule has 0 saturated carbocycles. The summed E-state index contributed by atoms with van der Waals surface area (Å²) in [5.41, 5.74) is -0.0171. The van der Waals surface area contributed by atoms with Crippen molar-refractivity contribution in [1.82, 2.24) is 0 Å². The van der Waals surface area contributed by atoms with E-state index in [0.29, 0.717) is 32.3 Å². The van der Waals surface area contributed by atoms with Gasteiger partial charge in [0.25, 0.3) is 0 Å². The molecule has 138 valence electrons. The maximum absolute atomic E-state index is 11.2. The second kappa shape index (κ2) is 14.5. The van der Waals surface area contributed by atoms with Crippen LogP contribution in [0.15, 0.2) is 0 Å². The lowest BCUT2D eigenvalue weighted by Gasteiger charge is -2.17. The third kappa shape index (κ3) is 26.1. The van der Waals surface area contributed by atoms with Crippen LogP contribution in [0.4, 0.5) is 0 Å². The van der Waals surface area contributed by atoms with E-state index >= 15 is 0 Å². The van der Waals surface area contributed by atoms with Crippen LogP contribution in [-0.2, 0) is 14.3 Å². The molecule has 0 aliphatic heterocycles. The summed E-state index contributed by atoms with van der Waals surface area (Å²) in [4.78, 5) is 21.3. The summed E-state index contributed by atoms with van der Waals surface area (Å²) in [6, 6.07) is 0. The topological polar surface area (TPSA) is 104 Å². The third-order valence-electron chi connectivity index (χ3n) is 2.75. The lowest BCUT2D eigenvalue weighted by molar-refractivity contribution is -0.147. The van der Waals surface area contributed by atoms with Crippen molar-refractivity contribution in [2.45, 2.75) is 85.4 Å². The Bertz CT molecular complexity index is 307. The number of rotatable bonds is 10. The van der Waals surface area contributed by atoms with Crippen molar-refractivity contribution in [3.05, 3.63) is 0 Å². The normalized spacial score (nSPS) is 10.9. The predicted molar refractivity (Wildman–Crippen MR) is 88.9 cm³/mol. The van der Waals surface area contributed by atoms with Gasteiger partial charge in [-0.3, -0.25) is 9.59 Å². The largest absolute Gasteiger partial charge is 0.481 e. The van der Waals surface area contributed by atoms with E-state index in [-0.39, 0.29) is 17.8 Å². The van der Waals surface area contributed by atoms with Gasteiger partial charge in [0.1, 0.15) is 0 Å². The highest BCUT2D eigenvalue weighted by Crippen LogP contribution is 2.13. The van der Waals surface area contributed by atoms with Crippen molar-refractivity contribution in [3.63, 3.8) is 0 Å². The molecule has 0 saturated heterocycles. The maximum Gasteiger partial charge on any atom is 0.305 e. The highest BCUT2D eigenvalue weighted by molar-refractivity contribution is 5.69. The average molecular weight is 334 g/mol. The van der Waals surface area contributed by atoms with E-state index in [9.17, 15) is 9.59 Å². The molecule has 0 bridgehead atoms. The molecule has 3 N–H and O–H groups in total. The molecule has 0 fully saturated rings. The monoisotopic (exact) mass is 334 g/mol. The summed E-state index contributed by atoms with van der Waals surface area (Å²) >= 11 is 0. The van der Waals surface area contributed by atoms with Crippen molar-refractivity contribution in [2.75, 3.05) is 6.61 Å². The lowest BCUT2D eigenvalue weighted by Crippen LogP contribution is -2.18. The fraction of sp³-hybridized carbons (Fsp3) is 0.882. The number of ether oxygens (including phenoxy) is 1. The number of esters is 1. The molecular weight excluding hydrogens is 300 g/mol. The van der Waals surface area contributed by atoms with Gasteiger partial charge < -0.3 is 20.1 Å². The number of hydrogen-bond acceptors (Lipinski definition) is 5. The molecular formula is C17H34O6. The van der Waals surface area contributed by atoms with Gasteiger partial charge in [0.15, 0.2) is 6.29 Å². The zero-order chi connectivity index (χ0) is 18.3. The molecule has 0 aromatic rings. The molecule has 0 spiro atoms. The average Bonchev–Trinajstić information content (AvgIpc) is 2.41. The Balaban J connectivity index is 0. The first-order valence-corrected chi connectivity index (χ1v) is 8.32. The fourth-order valence-electron chi connectivity index (χ4n) is 1.49. The Morgan fingerprint density at radius 2 is 1.57 bits per heavy atom. The van der Waals surface area contributed by atoms with Gasteiger partial charge in [0, 0.05) is 12.8 Å². The van der Waals surface area contributed by atoms with Crippen LogP contribution in [0, 0.1) is 5.41 Å². The molecule has 0 amide bonds. The van der Waals surface area contributed by atoms with Crippen LogP contribution >= 0.6 is 0 Å². The molecule has 0 unspecified atom stereocenters. The number of carbonyl (C=O) groups excluding carboxylic acids is 1. The SMILES string of the molecule is CC(C)(C)COC(=O)CCCCC(=O)O.CCCCCC(O)O. The van der Waals surface area contributed by atoms with Crippen LogP contribution in [0.5, 0.6) is 0 Å². The summed E-state index contributed by atoms with van der Waals surface area (Å²) in [5, 5.41) is 25.0. The van der Waals surface area contributed by atoms with Gasteiger partial charge in [0.2, 0.25) is 0 Å². The van der Waals surface area contributed by atoms with Gasteiger partial charge in [-0.05, 0) is 31.1 Å². The van der Waals surface area contributed by atoms with E-state index in [1.54, 1.807) is 0 Å². The first kappa shape index (κ1) is 24.1. The summed E-state index contributed by atoms with van der Waals surface area (Å²) in [5.74, 6) is -1.06. The van der Waals surface area contributed by atoms with Crippen molar-refractivity contribution < 1.29 is 29.6 Å². The van der Waals surface area contributed by atoms with Gasteiger partial charge in [-0.2, -0.15) is 0 Å². The second-order valence-electron chi connectivity index (χ2n) is 6.80. The smallest absolute Gasteiger partial charge is 0.305 e. The quantitative estimate of drug-likeness (QED) is 0.322. The molecule has 0 aromatic heterocycles. The van der Waals surface area contributed by atoms with E-state index in [1.165, 1.54) is 0 Å². The minimum absolute atomic E-state index is 0.0171. The highest BCUT2D eigenvalue weighted by atomic mass is 16.5. The zero-order valence-electron chi connectivity index (χ0n) is 15.0. The Labute approximate surface area is 139 Å². The Morgan fingerprint density at radius 1 is 1.00 bits per heavy atom. The van der Waals surface area contributed by atoms with Gasteiger partial charge >= 0.3 is 11.9 Å². The van der Waals surface area contributed by atoms with Crippen molar-refractivity contribution in [1.29, 1.82) is 0 Å². The Kier molecular flexibility index (Phi) is 15.2. The van der Waals surface area contributed by atoms with Crippen LogP contribution in [0.1, 0.15) is 79.1 Å². The van der Waals surface area contributed by atoms with Gasteiger partial charge in [-0.1, -0.05) is 40.5 Å². The Morgan fingerprint density at radius 3 is 2.00 bits per heavy atom. The van der Waals surface area contributed by atoms with E-state index in [1.807, 2.05) is 20.8 Å². The van der Waals surface area contributed by atoms with E-state index in [4.69, 9.17) is 20.1 Å². The molecule has 0 heterocycles.